The fraction of sp³-hybridized carbons (Fsp3) is 0.727. The number of hydrogen-bond donors (Lipinski definition) is 0. The molecule has 5 nitrogen and oxygen atoms in total. The first-order valence-electron chi connectivity index (χ1n) is 5.33. The number of ether oxygens (including phenoxy) is 1. The number of esters is 1. The van der Waals surface area contributed by atoms with Crippen LogP contribution in [0.4, 0.5) is 0 Å². The SMILES string of the molecule is COP1(OC)(OC)C(=C(C)C)OC(=O)C1(C)C. The molecule has 6 heteroatoms. The second-order valence-electron chi connectivity index (χ2n) is 4.68. The number of hydrogen-bond acceptors (Lipinski definition) is 5. The second-order valence-corrected chi connectivity index (χ2v) is 9.07. The van der Waals surface area contributed by atoms with Crippen LogP contribution in [-0.2, 0) is 23.1 Å². The van der Waals surface area contributed by atoms with E-state index in [1.807, 2.05) is 13.8 Å². The minimum absolute atomic E-state index is 0.388. The van der Waals surface area contributed by atoms with Crippen molar-refractivity contribution in [2.45, 2.75) is 32.9 Å². The van der Waals surface area contributed by atoms with Crippen molar-refractivity contribution in [2.24, 2.45) is 0 Å². The molecule has 0 aromatic carbocycles. The molecule has 0 aromatic heterocycles. The molecule has 0 spiro atoms. The van der Waals surface area contributed by atoms with Gasteiger partial charge in [0.05, 0.1) is 0 Å². The summed E-state index contributed by atoms with van der Waals surface area (Å²) in [5, 5.41) is -0.990. The van der Waals surface area contributed by atoms with Gasteiger partial charge in [0.15, 0.2) is 0 Å². The van der Waals surface area contributed by atoms with Gasteiger partial charge < -0.3 is 0 Å². The van der Waals surface area contributed by atoms with Crippen molar-refractivity contribution in [1.82, 2.24) is 0 Å². The van der Waals surface area contributed by atoms with Gasteiger partial charge in [-0.25, -0.2) is 0 Å². The van der Waals surface area contributed by atoms with Crippen LogP contribution in [0, 0.1) is 0 Å². The van der Waals surface area contributed by atoms with Crippen molar-refractivity contribution in [3.05, 3.63) is 11.1 Å². The molecule has 1 heterocycles. The summed E-state index contributed by atoms with van der Waals surface area (Å²) in [6, 6.07) is 0. The zero-order chi connectivity index (χ0) is 13.5. The normalized spacial score (nSPS) is 27.1. The van der Waals surface area contributed by atoms with E-state index < -0.39 is 18.4 Å². The van der Waals surface area contributed by atoms with Crippen LogP contribution in [-0.4, -0.2) is 32.5 Å². The number of carbonyl (C=O) groups excluding carboxylic acids is 1. The van der Waals surface area contributed by atoms with Crippen molar-refractivity contribution in [2.75, 3.05) is 21.3 Å². The van der Waals surface area contributed by atoms with E-state index in [1.54, 1.807) is 13.8 Å². The zero-order valence-electron chi connectivity index (χ0n) is 11.5. The van der Waals surface area contributed by atoms with Gasteiger partial charge in [-0.1, -0.05) is 0 Å². The Hall–Kier alpha value is -0.480. The molecule has 0 bridgehead atoms. The van der Waals surface area contributed by atoms with E-state index >= 15 is 0 Å². The Morgan fingerprint density at radius 2 is 1.53 bits per heavy atom. The molecule has 0 atom stereocenters. The van der Waals surface area contributed by atoms with Crippen LogP contribution in [0.5, 0.6) is 0 Å². The average molecular weight is 264 g/mol. The molecule has 0 aromatic rings. The van der Waals surface area contributed by atoms with Gasteiger partial charge in [-0.3, -0.25) is 0 Å². The Kier molecular flexibility index (Phi) is 3.45. The molecule has 1 aliphatic heterocycles. The Bertz CT molecular complexity index is 366. The van der Waals surface area contributed by atoms with E-state index in [4.69, 9.17) is 18.3 Å². The number of allylic oxidation sites excluding steroid dienone is 1. The fourth-order valence-electron chi connectivity index (χ4n) is 2.35. The number of cyclic esters (lactones) is 1. The molecule has 1 saturated heterocycles. The minimum atomic E-state index is -3.77. The monoisotopic (exact) mass is 264 g/mol. The maximum absolute atomic E-state index is 12.0. The van der Waals surface area contributed by atoms with Gasteiger partial charge in [-0.2, -0.15) is 0 Å². The predicted octanol–water partition coefficient (Wildman–Crippen LogP) is 2.81. The Morgan fingerprint density at radius 1 is 1.12 bits per heavy atom. The second kappa shape index (κ2) is 4.02. The van der Waals surface area contributed by atoms with Crippen LogP contribution >= 0.6 is 7.28 Å². The van der Waals surface area contributed by atoms with Crippen molar-refractivity contribution in [3.8, 4) is 0 Å². The summed E-state index contributed by atoms with van der Waals surface area (Å²) in [6.07, 6.45) is 0. The van der Waals surface area contributed by atoms with Crippen molar-refractivity contribution >= 4 is 13.3 Å². The van der Waals surface area contributed by atoms with E-state index in [9.17, 15) is 4.79 Å². The molecule has 100 valence electrons. The third kappa shape index (κ3) is 1.37. The predicted molar refractivity (Wildman–Crippen MR) is 66.5 cm³/mol. The summed E-state index contributed by atoms with van der Waals surface area (Å²) in [6.45, 7) is 7.12. The average Bonchev–Trinajstić information content (AvgIpc) is 2.47. The molecule has 0 radical (unpaired) electrons. The standard InChI is InChI=1S/C11H21O5P/c1-8(2)9-16-10(12)11(3,4)17(9,13-5,14-6)15-7/h1-7H3. The Labute approximate surface area is 102 Å². The summed E-state index contributed by atoms with van der Waals surface area (Å²) >= 11 is 0. The molecule has 1 rings (SSSR count). The zero-order valence-corrected chi connectivity index (χ0v) is 12.4. The molecule has 0 amide bonds. The van der Waals surface area contributed by atoms with E-state index in [-0.39, 0.29) is 0 Å². The van der Waals surface area contributed by atoms with Crippen LogP contribution in [0.25, 0.3) is 0 Å². The Balaban J connectivity index is 3.73. The third-order valence-corrected chi connectivity index (χ3v) is 8.77. The quantitative estimate of drug-likeness (QED) is 0.579. The third-order valence-electron chi connectivity index (χ3n) is 3.43. The van der Waals surface area contributed by atoms with E-state index in [0.29, 0.717) is 5.50 Å². The molecule has 0 unspecified atom stereocenters. The van der Waals surface area contributed by atoms with Crippen LogP contribution in [0.15, 0.2) is 11.1 Å². The molecule has 1 fully saturated rings. The first kappa shape index (κ1) is 14.6. The van der Waals surface area contributed by atoms with Gasteiger partial charge in [-0.15, -0.1) is 0 Å². The van der Waals surface area contributed by atoms with E-state index in [0.717, 1.165) is 5.57 Å². The Morgan fingerprint density at radius 3 is 1.76 bits per heavy atom. The van der Waals surface area contributed by atoms with Gasteiger partial charge in [0, 0.05) is 0 Å². The topological polar surface area (TPSA) is 54.0 Å². The summed E-state index contributed by atoms with van der Waals surface area (Å²) < 4.78 is 22.2. The van der Waals surface area contributed by atoms with Gasteiger partial charge in [0.25, 0.3) is 0 Å². The first-order chi connectivity index (χ1) is 7.72. The van der Waals surface area contributed by atoms with E-state index in [2.05, 4.69) is 0 Å². The molecular weight excluding hydrogens is 243 g/mol. The van der Waals surface area contributed by atoms with Crippen LogP contribution in [0.1, 0.15) is 27.7 Å². The summed E-state index contributed by atoms with van der Waals surface area (Å²) in [5.41, 5.74) is 1.20. The number of rotatable bonds is 3. The van der Waals surface area contributed by atoms with Crippen LogP contribution < -0.4 is 0 Å². The summed E-state index contributed by atoms with van der Waals surface area (Å²) in [5.74, 6) is -0.392. The van der Waals surface area contributed by atoms with Crippen LogP contribution in [0.2, 0.25) is 0 Å². The molecule has 1 aliphatic rings. The molecule has 0 aliphatic carbocycles. The molecule has 0 N–H and O–H groups in total. The fourth-order valence-corrected chi connectivity index (χ4v) is 6.54. The van der Waals surface area contributed by atoms with Gasteiger partial charge in [0.1, 0.15) is 0 Å². The molecular formula is C11H21O5P. The van der Waals surface area contributed by atoms with Crippen molar-refractivity contribution in [1.29, 1.82) is 0 Å². The first-order valence-corrected chi connectivity index (χ1v) is 7.32. The van der Waals surface area contributed by atoms with Gasteiger partial charge >= 0.3 is 102 Å². The van der Waals surface area contributed by atoms with Crippen molar-refractivity contribution in [3.63, 3.8) is 0 Å². The van der Waals surface area contributed by atoms with Crippen LogP contribution in [0.3, 0.4) is 0 Å². The van der Waals surface area contributed by atoms with E-state index in [1.165, 1.54) is 21.3 Å². The van der Waals surface area contributed by atoms with Gasteiger partial charge in [-0.05, 0) is 0 Å². The summed E-state index contributed by atoms with van der Waals surface area (Å²) in [4.78, 5) is 12.0. The van der Waals surface area contributed by atoms with Crippen molar-refractivity contribution < 1.29 is 23.1 Å². The molecule has 17 heavy (non-hydrogen) atoms. The number of carbonyl (C=O) groups is 1. The summed E-state index contributed by atoms with van der Waals surface area (Å²) in [7, 11) is 0.682. The van der Waals surface area contributed by atoms with Gasteiger partial charge in [0.2, 0.25) is 0 Å². The molecule has 0 saturated carbocycles. The maximum atomic E-state index is 12.0.